The molecule has 5 nitrogen and oxygen atoms in total. The molecule has 0 aromatic heterocycles. The topological polar surface area (TPSA) is 56.8 Å². The molecule has 144 valence electrons. The average molecular weight is 385 g/mol. The van der Waals surface area contributed by atoms with Crippen molar-refractivity contribution in [3.8, 4) is 28.4 Å². The van der Waals surface area contributed by atoms with Crippen LogP contribution < -0.4 is 19.5 Å². The van der Waals surface area contributed by atoms with Gasteiger partial charge in [-0.25, -0.2) is 0 Å². The smallest absolute Gasteiger partial charge is 0.250 e. The summed E-state index contributed by atoms with van der Waals surface area (Å²) in [5, 5.41) is 2.95. The predicted octanol–water partition coefficient (Wildman–Crippen LogP) is 4.17. The first-order valence-corrected chi connectivity index (χ1v) is 9.46. The predicted molar refractivity (Wildman–Crippen MR) is 110 cm³/mol. The van der Waals surface area contributed by atoms with E-state index in [-0.39, 0.29) is 19.3 Å². The highest BCUT2D eigenvalue weighted by molar-refractivity contribution is 5.99. The third kappa shape index (κ3) is 3.55. The summed E-state index contributed by atoms with van der Waals surface area (Å²) < 4.78 is 16.5. The number of carbonyl (C=O) groups excluding carboxylic acids is 1. The minimum atomic E-state index is -0.140. The van der Waals surface area contributed by atoms with Gasteiger partial charge in [-0.1, -0.05) is 42.5 Å². The van der Waals surface area contributed by atoms with Crippen molar-refractivity contribution in [3.63, 3.8) is 0 Å². The molecule has 1 N–H and O–H groups in total. The minimum Gasteiger partial charge on any atom is -0.488 e. The number of fused-ring (bicyclic) bond motifs is 2. The summed E-state index contributed by atoms with van der Waals surface area (Å²) in [6.07, 6.45) is 1.90. The van der Waals surface area contributed by atoms with E-state index in [0.29, 0.717) is 17.9 Å². The van der Waals surface area contributed by atoms with E-state index < -0.39 is 0 Å². The summed E-state index contributed by atoms with van der Waals surface area (Å²) in [5.41, 5.74) is 4.68. The molecule has 0 atom stereocenters. The summed E-state index contributed by atoms with van der Waals surface area (Å²) in [6.45, 7) is 0.897. The van der Waals surface area contributed by atoms with Crippen LogP contribution in [0.2, 0.25) is 0 Å². The van der Waals surface area contributed by atoms with Crippen molar-refractivity contribution in [2.45, 2.75) is 6.54 Å². The van der Waals surface area contributed by atoms with Gasteiger partial charge in [-0.2, -0.15) is 0 Å². The maximum Gasteiger partial charge on any atom is 0.250 e. The van der Waals surface area contributed by atoms with Gasteiger partial charge in [-0.3, -0.25) is 4.79 Å². The van der Waals surface area contributed by atoms with E-state index in [4.69, 9.17) is 14.2 Å². The summed E-state index contributed by atoms with van der Waals surface area (Å²) in [7, 11) is 0. The summed E-state index contributed by atoms with van der Waals surface area (Å²) >= 11 is 0. The van der Waals surface area contributed by atoms with Crippen LogP contribution in [0.25, 0.3) is 17.2 Å². The number of carbonyl (C=O) groups is 1. The minimum absolute atomic E-state index is 0.140. The molecule has 3 aromatic carbocycles. The van der Waals surface area contributed by atoms with E-state index >= 15 is 0 Å². The maximum absolute atomic E-state index is 12.7. The van der Waals surface area contributed by atoms with Crippen LogP contribution in [0.15, 0.2) is 72.3 Å². The lowest BCUT2D eigenvalue weighted by atomic mass is 10.00. The number of amides is 1. The zero-order valence-electron chi connectivity index (χ0n) is 15.7. The second kappa shape index (κ2) is 7.36. The van der Waals surface area contributed by atoms with Crippen LogP contribution in [0.1, 0.15) is 11.1 Å². The third-order valence-electron chi connectivity index (χ3n) is 5.01. The van der Waals surface area contributed by atoms with Gasteiger partial charge in [-0.15, -0.1) is 0 Å². The highest BCUT2D eigenvalue weighted by Gasteiger charge is 2.18. The van der Waals surface area contributed by atoms with Crippen molar-refractivity contribution >= 4 is 12.0 Å². The van der Waals surface area contributed by atoms with Gasteiger partial charge in [0.15, 0.2) is 11.5 Å². The number of ether oxygens (including phenoxy) is 3. The molecule has 0 fully saturated rings. The molecule has 1 amide bonds. The molecule has 0 radical (unpaired) electrons. The van der Waals surface area contributed by atoms with Gasteiger partial charge in [0.1, 0.15) is 12.4 Å². The zero-order valence-corrected chi connectivity index (χ0v) is 15.7. The molecule has 0 aliphatic carbocycles. The Kier molecular flexibility index (Phi) is 4.41. The number of hydrogen-bond acceptors (Lipinski definition) is 4. The van der Waals surface area contributed by atoms with Crippen molar-refractivity contribution in [2.24, 2.45) is 0 Å². The van der Waals surface area contributed by atoms with Gasteiger partial charge in [-0.05, 0) is 47.0 Å². The zero-order chi connectivity index (χ0) is 19.6. The number of rotatable bonds is 4. The number of nitrogens with one attached hydrogen (secondary N) is 1. The lowest BCUT2D eigenvalue weighted by molar-refractivity contribution is -0.117. The van der Waals surface area contributed by atoms with E-state index in [0.717, 1.165) is 33.8 Å². The van der Waals surface area contributed by atoms with E-state index in [2.05, 4.69) is 23.5 Å². The summed E-state index contributed by atoms with van der Waals surface area (Å²) in [4.78, 5) is 12.7. The molecule has 0 spiro atoms. The molecule has 2 aliphatic heterocycles. The quantitative estimate of drug-likeness (QED) is 0.732. The van der Waals surface area contributed by atoms with Gasteiger partial charge in [0.05, 0.1) is 5.57 Å². The molecule has 2 aliphatic rings. The lowest BCUT2D eigenvalue weighted by Crippen LogP contribution is -2.28. The number of hydrogen-bond donors (Lipinski definition) is 1. The Bertz CT molecular complexity index is 1110. The maximum atomic E-state index is 12.7. The molecule has 0 unspecified atom stereocenters. The molecule has 5 rings (SSSR count). The van der Waals surface area contributed by atoms with Crippen LogP contribution in [-0.4, -0.2) is 19.3 Å². The first kappa shape index (κ1) is 17.4. The number of benzene rings is 3. The molecular formula is C24H19NO4. The lowest BCUT2D eigenvalue weighted by Gasteiger charge is -2.18. The van der Waals surface area contributed by atoms with Crippen LogP contribution in [0.3, 0.4) is 0 Å². The monoisotopic (exact) mass is 385 g/mol. The first-order valence-electron chi connectivity index (χ1n) is 9.46. The van der Waals surface area contributed by atoms with Crippen molar-refractivity contribution < 1.29 is 19.0 Å². The Morgan fingerprint density at radius 1 is 0.828 bits per heavy atom. The Morgan fingerprint density at radius 3 is 2.55 bits per heavy atom. The molecular weight excluding hydrogens is 366 g/mol. The molecule has 29 heavy (non-hydrogen) atoms. The van der Waals surface area contributed by atoms with Crippen molar-refractivity contribution in [2.75, 3.05) is 13.4 Å². The highest BCUT2D eigenvalue weighted by atomic mass is 16.7. The molecule has 0 saturated carbocycles. The van der Waals surface area contributed by atoms with E-state index in [9.17, 15) is 4.79 Å². The second-order valence-corrected chi connectivity index (χ2v) is 6.95. The van der Waals surface area contributed by atoms with Crippen molar-refractivity contribution in [1.29, 1.82) is 0 Å². The van der Waals surface area contributed by atoms with Crippen LogP contribution in [0.4, 0.5) is 0 Å². The molecule has 2 heterocycles. The van der Waals surface area contributed by atoms with Crippen LogP contribution in [0.5, 0.6) is 17.2 Å². The Labute approximate surface area is 168 Å². The first-order chi connectivity index (χ1) is 14.3. The third-order valence-corrected chi connectivity index (χ3v) is 5.01. The Balaban J connectivity index is 1.32. The molecule has 0 bridgehead atoms. The van der Waals surface area contributed by atoms with Crippen LogP contribution in [0, 0.1) is 0 Å². The second-order valence-electron chi connectivity index (χ2n) is 6.95. The van der Waals surface area contributed by atoms with Gasteiger partial charge < -0.3 is 19.5 Å². The fourth-order valence-corrected chi connectivity index (χ4v) is 3.47. The van der Waals surface area contributed by atoms with Gasteiger partial charge in [0, 0.05) is 12.1 Å². The molecule has 5 heteroatoms. The van der Waals surface area contributed by atoms with Crippen molar-refractivity contribution in [3.05, 3.63) is 83.4 Å². The van der Waals surface area contributed by atoms with Gasteiger partial charge in [0.25, 0.3) is 5.91 Å². The van der Waals surface area contributed by atoms with Crippen LogP contribution >= 0.6 is 0 Å². The highest BCUT2D eigenvalue weighted by Crippen LogP contribution is 2.33. The van der Waals surface area contributed by atoms with E-state index in [1.54, 1.807) is 0 Å². The van der Waals surface area contributed by atoms with Crippen LogP contribution in [-0.2, 0) is 11.3 Å². The fraction of sp³-hybridized carbons (Fsp3) is 0.125. The standard InChI is InChI=1S/C24H19NO4/c26-24(25-13-16-6-8-22-23(10-16)29-15-28-22)20-12-19-11-18(7-9-21(19)27-14-20)17-4-2-1-3-5-17/h1-12H,13-15H2,(H,25,26). The van der Waals surface area contributed by atoms with Crippen molar-refractivity contribution in [1.82, 2.24) is 5.32 Å². The largest absolute Gasteiger partial charge is 0.488 e. The van der Waals surface area contributed by atoms with E-state index in [1.165, 1.54) is 0 Å². The summed E-state index contributed by atoms with van der Waals surface area (Å²) in [6, 6.07) is 21.8. The SMILES string of the molecule is O=C(NCc1ccc2c(c1)OCO2)C1=Cc2cc(-c3ccccc3)ccc2OC1. The van der Waals surface area contributed by atoms with Gasteiger partial charge in [0.2, 0.25) is 6.79 Å². The van der Waals surface area contributed by atoms with Gasteiger partial charge >= 0.3 is 0 Å². The molecule has 3 aromatic rings. The van der Waals surface area contributed by atoms with E-state index in [1.807, 2.05) is 54.6 Å². The normalized spacial score (nSPS) is 13.9. The average Bonchev–Trinajstić information content (AvgIpc) is 3.25. The molecule has 0 saturated heterocycles. The Hall–Kier alpha value is -3.73. The summed E-state index contributed by atoms with van der Waals surface area (Å²) in [5.74, 6) is 2.09. The fourth-order valence-electron chi connectivity index (χ4n) is 3.47. The Morgan fingerprint density at radius 2 is 1.66 bits per heavy atom.